The zero-order chi connectivity index (χ0) is 16.1. The number of hydrogen-bond donors (Lipinski definition) is 2. The van der Waals surface area contributed by atoms with Crippen molar-refractivity contribution < 1.29 is 9.90 Å². The fourth-order valence-electron chi connectivity index (χ4n) is 3.29. The molecule has 0 unspecified atom stereocenters. The third-order valence-electron chi connectivity index (χ3n) is 4.57. The normalized spacial score (nSPS) is 21.1. The zero-order valence-electron chi connectivity index (χ0n) is 13.2. The van der Waals surface area contributed by atoms with Gasteiger partial charge in [-0.3, -0.25) is 4.79 Å². The van der Waals surface area contributed by atoms with E-state index < -0.39 is 0 Å². The summed E-state index contributed by atoms with van der Waals surface area (Å²) in [5.74, 6) is -0.243. The van der Waals surface area contributed by atoms with Gasteiger partial charge in [0.25, 0.3) is 0 Å². The zero-order valence-corrected chi connectivity index (χ0v) is 13.2. The Hall–Kier alpha value is -2.13. The summed E-state index contributed by atoms with van der Waals surface area (Å²) in [6.07, 6.45) is 3.03. The molecule has 1 aliphatic carbocycles. The van der Waals surface area contributed by atoms with E-state index in [1.54, 1.807) is 0 Å². The first-order valence-corrected chi connectivity index (χ1v) is 8.32. The molecule has 0 saturated heterocycles. The molecule has 0 spiro atoms. The smallest absolute Gasteiger partial charge is 0.232 e. The molecule has 0 atom stereocenters. The molecule has 1 saturated carbocycles. The van der Waals surface area contributed by atoms with Gasteiger partial charge in [0, 0.05) is 6.04 Å². The Balaban J connectivity index is 1.79. The highest BCUT2D eigenvalue weighted by Crippen LogP contribution is 2.26. The van der Waals surface area contributed by atoms with E-state index in [4.69, 9.17) is 0 Å². The van der Waals surface area contributed by atoms with Gasteiger partial charge in [0.1, 0.15) is 0 Å². The molecule has 3 rings (SSSR count). The van der Waals surface area contributed by atoms with Crippen LogP contribution < -0.4 is 5.32 Å². The van der Waals surface area contributed by atoms with Gasteiger partial charge in [-0.2, -0.15) is 0 Å². The van der Waals surface area contributed by atoms with Crippen LogP contribution >= 0.6 is 0 Å². The first-order valence-electron chi connectivity index (χ1n) is 8.32. The molecule has 3 nitrogen and oxygen atoms in total. The predicted molar refractivity (Wildman–Crippen MR) is 91.1 cm³/mol. The molecule has 23 heavy (non-hydrogen) atoms. The van der Waals surface area contributed by atoms with Crippen molar-refractivity contribution in [3.63, 3.8) is 0 Å². The molecule has 3 heteroatoms. The summed E-state index contributed by atoms with van der Waals surface area (Å²) in [7, 11) is 0. The summed E-state index contributed by atoms with van der Waals surface area (Å²) in [6, 6.07) is 20.0. The van der Waals surface area contributed by atoms with Crippen molar-refractivity contribution in [3.8, 4) is 0 Å². The molecule has 1 amide bonds. The van der Waals surface area contributed by atoms with Gasteiger partial charge < -0.3 is 10.4 Å². The number of hydrogen-bond acceptors (Lipinski definition) is 2. The molecule has 0 bridgehead atoms. The lowest BCUT2D eigenvalue weighted by Crippen LogP contribution is -2.41. The second kappa shape index (κ2) is 7.42. The molecular formula is C20H23NO2. The quantitative estimate of drug-likeness (QED) is 0.911. The minimum atomic E-state index is -0.288. The first-order chi connectivity index (χ1) is 11.2. The number of carbonyl (C=O) groups excluding carboxylic acids is 1. The summed E-state index contributed by atoms with van der Waals surface area (Å²) in [5, 5.41) is 12.8. The molecule has 0 radical (unpaired) electrons. The Morgan fingerprint density at radius 3 is 1.83 bits per heavy atom. The topological polar surface area (TPSA) is 49.3 Å². The second-order valence-electron chi connectivity index (χ2n) is 6.27. The summed E-state index contributed by atoms with van der Waals surface area (Å²) >= 11 is 0. The fourth-order valence-corrected chi connectivity index (χ4v) is 3.29. The Labute approximate surface area is 137 Å². The van der Waals surface area contributed by atoms with Gasteiger partial charge in [-0.1, -0.05) is 60.7 Å². The first kappa shape index (κ1) is 15.8. The van der Waals surface area contributed by atoms with Gasteiger partial charge in [-0.25, -0.2) is 0 Å². The van der Waals surface area contributed by atoms with Crippen molar-refractivity contribution in [2.45, 2.75) is 43.7 Å². The summed E-state index contributed by atoms with van der Waals surface area (Å²) in [4.78, 5) is 12.9. The molecule has 2 N–H and O–H groups in total. The number of aliphatic hydroxyl groups is 1. The molecular weight excluding hydrogens is 286 g/mol. The molecule has 0 aliphatic heterocycles. The second-order valence-corrected chi connectivity index (χ2v) is 6.27. The lowest BCUT2D eigenvalue weighted by molar-refractivity contribution is -0.122. The Morgan fingerprint density at radius 1 is 0.870 bits per heavy atom. The minimum Gasteiger partial charge on any atom is -0.393 e. The van der Waals surface area contributed by atoms with E-state index in [1.165, 1.54) is 0 Å². The van der Waals surface area contributed by atoms with Crippen LogP contribution in [0.2, 0.25) is 0 Å². The molecule has 0 aromatic heterocycles. The van der Waals surface area contributed by atoms with Crippen molar-refractivity contribution >= 4 is 5.91 Å². The van der Waals surface area contributed by atoms with Gasteiger partial charge in [0.05, 0.1) is 12.0 Å². The standard InChI is InChI=1S/C20H23NO2/c22-18-13-11-17(12-14-18)21-20(23)19(15-7-3-1-4-8-15)16-9-5-2-6-10-16/h1-10,17-19,22H,11-14H2,(H,21,23). The van der Waals surface area contributed by atoms with Crippen molar-refractivity contribution in [2.75, 3.05) is 0 Å². The predicted octanol–water partition coefficient (Wildman–Crippen LogP) is 3.24. The van der Waals surface area contributed by atoms with Crippen molar-refractivity contribution in [2.24, 2.45) is 0 Å². The van der Waals surface area contributed by atoms with Crippen LogP contribution in [-0.2, 0) is 4.79 Å². The van der Waals surface area contributed by atoms with Crippen LogP contribution in [0.4, 0.5) is 0 Å². The maximum absolute atomic E-state index is 12.9. The lowest BCUT2D eigenvalue weighted by atomic mass is 9.88. The highest BCUT2D eigenvalue weighted by Gasteiger charge is 2.26. The number of nitrogens with one attached hydrogen (secondary N) is 1. The van der Waals surface area contributed by atoms with Gasteiger partial charge in [0.2, 0.25) is 5.91 Å². The molecule has 120 valence electrons. The van der Waals surface area contributed by atoms with Gasteiger partial charge >= 0.3 is 0 Å². The average Bonchev–Trinajstić information content (AvgIpc) is 2.59. The van der Waals surface area contributed by atoms with Gasteiger partial charge in [-0.05, 0) is 36.8 Å². The van der Waals surface area contributed by atoms with E-state index in [2.05, 4.69) is 5.32 Å². The highest BCUT2D eigenvalue weighted by molar-refractivity contribution is 5.87. The van der Waals surface area contributed by atoms with Crippen molar-refractivity contribution in [1.82, 2.24) is 5.32 Å². The Morgan fingerprint density at radius 2 is 1.35 bits per heavy atom. The number of amides is 1. The molecule has 1 aliphatic rings. The average molecular weight is 309 g/mol. The van der Waals surface area contributed by atoms with E-state index in [1.807, 2.05) is 60.7 Å². The molecule has 1 fully saturated rings. The van der Waals surface area contributed by atoms with Gasteiger partial charge in [-0.15, -0.1) is 0 Å². The third kappa shape index (κ3) is 3.99. The highest BCUT2D eigenvalue weighted by atomic mass is 16.3. The number of benzene rings is 2. The van der Waals surface area contributed by atoms with E-state index in [9.17, 15) is 9.90 Å². The molecule has 2 aromatic carbocycles. The van der Waals surface area contributed by atoms with Crippen LogP contribution in [0.5, 0.6) is 0 Å². The van der Waals surface area contributed by atoms with Crippen LogP contribution in [0.3, 0.4) is 0 Å². The summed E-state index contributed by atoms with van der Waals surface area (Å²) in [6.45, 7) is 0. The van der Waals surface area contributed by atoms with Crippen LogP contribution in [0.1, 0.15) is 42.7 Å². The van der Waals surface area contributed by atoms with Crippen LogP contribution in [-0.4, -0.2) is 23.2 Å². The van der Waals surface area contributed by atoms with Crippen LogP contribution in [0.15, 0.2) is 60.7 Å². The Bertz CT molecular complexity index is 579. The maximum Gasteiger partial charge on any atom is 0.232 e. The summed E-state index contributed by atoms with van der Waals surface area (Å²) in [5.41, 5.74) is 2.01. The van der Waals surface area contributed by atoms with Crippen LogP contribution in [0.25, 0.3) is 0 Å². The van der Waals surface area contributed by atoms with E-state index in [0.717, 1.165) is 36.8 Å². The molecule has 2 aromatic rings. The number of rotatable bonds is 4. The maximum atomic E-state index is 12.9. The van der Waals surface area contributed by atoms with Gasteiger partial charge in [0.15, 0.2) is 0 Å². The largest absolute Gasteiger partial charge is 0.393 e. The summed E-state index contributed by atoms with van der Waals surface area (Å²) < 4.78 is 0. The third-order valence-corrected chi connectivity index (χ3v) is 4.57. The van der Waals surface area contributed by atoms with E-state index in [-0.39, 0.29) is 24.0 Å². The Kier molecular flexibility index (Phi) is 5.09. The number of carbonyl (C=O) groups is 1. The van der Waals surface area contributed by atoms with E-state index in [0.29, 0.717) is 0 Å². The minimum absolute atomic E-state index is 0.0452. The molecule has 0 heterocycles. The van der Waals surface area contributed by atoms with Crippen molar-refractivity contribution in [3.05, 3.63) is 71.8 Å². The monoisotopic (exact) mass is 309 g/mol. The van der Waals surface area contributed by atoms with E-state index >= 15 is 0 Å². The number of aliphatic hydroxyl groups excluding tert-OH is 1. The SMILES string of the molecule is O=C(NC1CCC(O)CC1)C(c1ccccc1)c1ccccc1. The fraction of sp³-hybridized carbons (Fsp3) is 0.350. The lowest BCUT2D eigenvalue weighted by Gasteiger charge is -2.28. The van der Waals surface area contributed by atoms with Crippen LogP contribution in [0, 0.1) is 0 Å². The van der Waals surface area contributed by atoms with Crippen molar-refractivity contribution in [1.29, 1.82) is 0 Å².